The molecule has 94 valence electrons. The van der Waals surface area contributed by atoms with Gasteiger partial charge in [-0.3, -0.25) is 0 Å². The zero-order valence-corrected chi connectivity index (χ0v) is 11.5. The maximum absolute atomic E-state index is 4.30. The lowest BCUT2D eigenvalue weighted by Gasteiger charge is -2.17. The second-order valence-electron chi connectivity index (χ2n) is 4.71. The smallest absolute Gasteiger partial charge is 0.0460 e. The van der Waals surface area contributed by atoms with Crippen molar-refractivity contribution in [2.24, 2.45) is 5.92 Å². The Kier molecular flexibility index (Phi) is 3.71. The number of para-hydroxylation sites is 1. The van der Waals surface area contributed by atoms with E-state index in [1.54, 1.807) is 0 Å². The molecule has 1 nitrogen and oxygen atoms in total. The highest BCUT2D eigenvalue weighted by atomic mass is 14.7. The van der Waals surface area contributed by atoms with E-state index in [0.29, 0.717) is 5.92 Å². The van der Waals surface area contributed by atoms with E-state index < -0.39 is 0 Å². The minimum absolute atomic E-state index is 0.402. The summed E-state index contributed by atoms with van der Waals surface area (Å²) in [6.07, 6.45) is 5.37. The average molecular weight is 239 g/mol. The van der Waals surface area contributed by atoms with Gasteiger partial charge in [-0.05, 0) is 25.0 Å². The van der Waals surface area contributed by atoms with Crippen molar-refractivity contribution in [3.8, 4) is 0 Å². The summed E-state index contributed by atoms with van der Waals surface area (Å²) in [6.45, 7) is 10.9. The van der Waals surface area contributed by atoms with Crippen LogP contribution in [0.15, 0.2) is 48.7 Å². The highest BCUT2D eigenvalue weighted by molar-refractivity contribution is 5.92. The van der Waals surface area contributed by atoms with Crippen LogP contribution in [0.5, 0.6) is 0 Å². The van der Waals surface area contributed by atoms with Gasteiger partial charge in [-0.25, -0.2) is 0 Å². The summed E-state index contributed by atoms with van der Waals surface area (Å²) in [5, 5.41) is 1.26. The summed E-state index contributed by atoms with van der Waals surface area (Å²) in [7, 11) is 0. The molecule has 0 amide bonds. The standard InChI is InChI=1S/C17H21N/c1-5-14(6-2)12(3)13(4)16-11-18-17-10-8-7-9-15(16)17/h5,7-12,18H,4,6H2,1-3H3/b14-5+. The molecule has 18 heavy (non-hydrogen) atoms. The second kappa shape index (κ2) is 5.26. The molecule has 2 aromatic rings. The number of nitrogens with one attached hydrogen (secondary N) is 1. The van der Waals surface area contributed by atoms with Gasteiger partial charge < -0.3 is 4.98 Å². The normalized spacial score (nSPS) is 13.8. The molecule has 0 saturated heterocycles. The first-order chi connectivity index (χ1) is 8.69. The second-order valence-corrected chi connectivity index (χ2v) is 4.71. The summed E-state index contributed by atoms with van der Waals surface area (Å²) in [5.41, 5.74) is 5.07. The number of H-pyrrole nitrogens is 1. The van der Waals surface area contributed by atoms with Crippen molar-refractivity contribution in [1.82, 2.24) is 4.98 Å². The van der Waals surface area contributed by atoms with Crippen LogP contribution in [0.3, 0.4) is 0 Å². The van der Waals surface area contributed by atoms with E-state index in [-0.39, 0.29) is 0 Å². The summed E-state index contributed by atoms with van der Waals surface area (Å²) in [4.78, 5) is 3.32. The van der Waals surface area contributed by atoms with Crippen molar-refractivity contribution in [2.75, 3.05) is 0 Å². The molecule has 1 N–H and O–H groups in total. The molecular weight excluding hydrogens is 218 g/mol. The molecule has 1 aromatic carbocycles. The van der Waals surface area contributed by atoms with Gasteiger partial charge in [-0.15, -0.1) is 0 Å². The Morgan fingerprint density at radius 2 is 2.11 bits per heavy atom. The van der Waals surface area contributed by atoms with E-state index >= 15 is 0 Å². The lowest BCUT2D eigenvalue weighted by molar-refractivity contribution is 0.827. The SMILES string of the molecule is C=C(c1c[nH]c2ccccc12)C(C)/C(=C/C)CC. The minimum Gasteiger partial charge on any atom is -0.361 e. The lowest BCUT2D eigenvalue weighted by atomic mass is 9.87. The molecule has 1 heteroatoms. The molecule has 1 heterocycles. The topological polar surface area (TPSA) is 15.8 Å². The van der Waals surface area contributed by atoms with Crippen LogP contribution in [0.25, 0.3) is 16.5 Å². The van der Waals surface area contributed by atoms with E-state index in [4.69, 9.17) is 0 Å². The monoisotopic (exact) mass is 239 g/mol. The molecule has 0 spiro atoms. The Hall–Kier alpha value is -1.76. The van der Waals surface area contributed by atoms with Gasteiger partial charge in [0.2, 0.25) is 0 Å². The summed E-state index contributed by atoms with van der Waals surface area (Å²) in [5.74, 6) is 0.402. The van der Waals surface area contributed by atoms with Crippen molar-refractivity contribution >= 4 is 16.5 Å². The quantitative estimate of drug-likeness (QED) is 0.708. The predicted octanol–water partition coefficient (Wildman–Crippen LogP) is 5.17. The first-order valence-corrected chi connectivity index (χ1v) is 6.59. The number of fused-ring (bicyclic) bond motifs is 1. The van der Waals surface area contributed by atoms with E-state index in [1.807, 2.05) is 0 Å². The maximum Gasteiger partial charge on any atom is 0.0460 e. The molecule has 0 aliphatic carbocycles. The first-order valence-electron chi connectivity index (χ1n) is 6.59. The van der Waals surface area contributed by atoms with Crippen molar-refractivity contribution in [3.63, 3.8) is 0 Å². The fraction of sp³-hybridized carbons (Fsp3) is 0.294. The molecule has 1 aromatic heterocycles. The van der Waals surface area contributed by atoms with Crippen LogP contribution in [0.1, 0.15) is 32.8 Å². The van der Waals surface area contributed by atoms with Crippen molar-refractivity contribution in [1.29, 1.82) is 0 Å². The number of rotatable bonds is 4. The third-order valence-corrected chi connectivity index (χ3v) is 3.79. The number of hydrogen-bond donors (Lipinski definition) is 1. The third-order valence-electron chi connectivity index (χ3n) is 3.79. The molecule has 0 saturated carbocycles. The molecule has 0 fully saturated rings. The van der Waals surface area contributed by atoms with Crippen LogP contribution in [0.2, 0.25) is 0 Å². The van der Waals surface area contributed by atoms with Gasteiger partial charge in [0.25, 0.3) is 0 Å². The van der Waals surface area contributed by atoms with Gasteiger partial charge in [0.05, 0.1) is 0 Å². The van der Waals surface area contributed by atoms with E-state index in [2.05, 4.69) is 68.9 Å². The molecule has 1 atom stereocenters. The number of benzene rings is 1. The Bertz CT molecular complexity index is 586. The fourth-order valence-corrected chi connectivity index (χ4v) is 2.55. The molecular formula is C17H21N. The molecule has 0 bridgehead atoms. The predicted molar refractivity (Wildman–Crippen MR) is 80.5 cm³/mol. The van der Waals surface area contributed by atoms with Gasteiger partial charge in [0.1, 0.15) is 0 Å². The maximum atomic E-state index is 4.30. The van der Waals surface area contributed by atoms with Crippen LogP contribution in [0, 0.1) is 5.92 Å². The van der Waals surface area contributed by atoms with E-state index in [9.17, 15) is 0 Å². The van der Waals surface area contributed by atoms with E-state index in [1.165, 1.54) is 27.6 Å². The van der Waals surface area contributed by atoms with Gasteiger partial charge >= 0.3 is 0 Å². The summed E-state index contributed by atoms with van der Waals surface area (Å²) >= 11 is 0. The number of allylic oxidation sites excluding steroid dienone is 3. The lowest BCUT2D eigenvalue weighted by Crippen LogP contribution is -2.01. The largest absolute Gasteiger partial charge is 0.361 e. The Morgan fingerprint density at radius 1 is 1.39 bits per heavy atom. The summed E-state index contributed by atoms with van der Waals surface area (Å²) < 4.78 is 0. The molecule has 0 aliphatic rings. The van der Waals surface area contributed by atoms with Crippen LogP contribution < -0.4 is 0 Å². The Morgan fingerprint density at radius 3 is 2.78 bits per heavy atom. The Balaban J connectivity index is 2.40. The molecule has 0 radical (unpaired) electrons. The zero-order valence-electron chi connectivity index (χ0n) is 11.5. The van der Waals surface area contributed by atoms with Crippen molar-refractivity contribution < 1.29 is 0 Å². The summed E-state index contributed by atoms with van der Waals surface area (Å²) in [6, 6.07) is 8.39. The number of hydrogen-bond acceptors (Lipinski definition) is 0. The van der Waals surface area contributed by atoms with E-state index in [0.717, 1.165) is 6.42 Å². The van der Waals surface area contributed by atoms with Crippen LogP contribution >= 0.6 is 0 Å². The van der Waals surface area contributed by atoms with Crippen LogP contribution in [0.4, 0.5) is 0 Å². The minimum atomic E-state index is 0.402. The fourth-order valence-electron chi connectivity index (χ4n) is 2.55. The van der Waals surface area contributed by atoms with Gasteiger partial charge in [0, 0.05) is 28.6 Å². The molecule has 0 aliphatic heterocycles. The van der Waals surface area contributed by atoms with Crippen molar-refractivity contribution in [2.45, 2.75) is 27.2 Å². The highest BCUT2D eigenvalue weighted by Gasteiger charge is 2.15. The first kappa shape index (κ1) is 12.7. The van der Waals surface area contributed by atoms with Gasteiger partial charge in [-0.1, -0.05) is 50.3 Å². The molecule has 2 rings (SSSR count). The van der Waals surface area contributed by atoms with Crippen LogP contribution in [-0.2, 0) is 0 Å². The van der Waals surface area contributed by atoms with Gasteiger partial charge in [-0.2, -0.15) is 0 Å². The van der Waals surface area contributed by atoms with Gasteiger partial charge in [0.15, 0.2) is 0 Å². The number of aromatic nitrogens is 1. The van der Waals surface area contributed by atoms with Crippen LogP contribution in [-0.4, -0.2) is 4.98 Å². The zero-order chi connectivity index (χ0) is 13.1. The highest BCUT2D eigenvalue weighted by Crippen LogP contribution is 2.33. The average Bonchev–Trinajstić information content (AvgIpc) is 2.83. The van der Waals surface area contributed by atoms with Crippen molar-refractivity contribution in [3.05, 3.63) is 54.3 Å². The number of aromatic amines is 1. The molecule has 1 unspecified atom stereocenters. The Labute approximate surface area is 109 Å². The third kappa shape index (κ3) is 2.13.